The highest BCUT2D eigenvalue weighted by molar-refractivity contribution is 5.91. The Morgan fingerprint density at radius 2 is 2.25 bits per heavy atom. The summed E-state index contributed by atoms with van der Waals surface area (Å²) in [5.74, 6) is -1.04. The van der Waals surface area contributed by atoms with Gasteiger partial charge < -0.3 is 15.3 Å². The summed E-state index contributed by atoms with van der Waals surface area (Å²) in [6, 6.07) is -0.464. The van der Waals surface area contributed by atoms with Gasteiger partial charge in [0.2, 0.25) is 11.8 Å². The Bertz CT molecular complexity index is 419. The number of carboxylic acid groups (broad SMARTS) is 1. The molecular formula is C14H22N2O4. The van der Waals surface area contributed by atoms with E-state index in [1.165, 1.54) is 0 Å². The summed E-state index contributed by atoms with van der Waals surface area (Å²) in [5, 5.41) is 12.2. The highest BCUT2D eigenvalue weighted by atomic mass is 16.4. The Morgan fingerprint density at radius 1 is 1.50 bits per heavy atom. The first kappa shape index (κ1) is 14.8. The van der Waals surface area contributed by atoms with Gasteiger partial charge in [-0.15, -0.1) is 0 Å². The summed E-state index contributed by atoms with van der Waals surface area (Å²) in [5.41, 5.74) is -0.814. The van der Waals surface area contributed by atoms with Crippen LogP contribution < -0.4 is 5.32 Å². The van der Waals surface area contributed by atoms with E-state index in [0.29, 0.717) is 38.6 Å². The standard InChI is InChI=1S/C14H22N2O4/c1-2-6-14(13(19)20)7-3-8-16(9-14)12(18)10-4-5-11(17)15-10/h10H,2-9H2,1H3,(H,15,17)(H,19,20)/t10-,14?/m1/s1. The van der Waals surface area contributed by atoms with Crippen LogP contribution in [0.1, 0.15) is 45.4 Å². The lowest BCUT2D eigenvalue weighted by Gasteiger charge is -2.40. The zero-order valence-corrected chi connectivity index (χ0v) is 11.9. The molecule has 1 unspecified atom stereocenters. The number of nitrogens with one attached hydrogen (secondary N) is 1. The maximum Gasteiger partial charge on any atom is 0.311 e. The zero-order chi connectivity index (χ0) is 14.8. The molecule has 6 nitrogen and oxygen atoms in total. The predicted octanol–water partition coefficient (Wildman–Crippen LogP) is 0.758. The summed E-state index contributed by atoms with van der Waals surface area (Å²) in [6.45, 7) is 2.81. The molecule has 2 aliphatic heterocycles. The number of hydrogen-bond acceptors (Lipinski definition) is 3. The van der Waals surface area contributed by atoms with Crippen molar-refractivity contribution >= 4 is 17.8 Å². The average molecular weight is 282 g/mol. The SMILES string of the molecule is CCCC1(C(=O)O)CCCN(C(=O)[C@H]2CCC(=O)N2)C1. The Labute approximate surface area is 118 Å². The minimum atomic E-state index is -0.814. The minimum absolute atomic E-state index is 0.0987. The molecule has 20 heavy (non-hydrogen) atoms. The van der Waals surface area contributed by atoms with Crippen molar-refractivity contribution in [2.75, 3.05) is 13.1 Å². The normalized spacial score (nSPS) is 30.1. The van der Waals surface area contributed by atoms with Crippen LogP contribution in [0.25, 0.3) is 0 Å². The quantitative estimate of drug-likeness (QED) is 0.797. The molecule has 0 aromatic heterocycles. The maximum absolute atomic E-state index is 12.4. The summed E-state index contributed by atoms with van der Waals surface area (Å²) in [6.07, 6.45) is 3.60. The van der Waals surface area contributed by atoms with E-state index >= 15 is 0 Å². The van der Waals surface area contributed by atoms with Gasteiger partial charge in [-0.3, -0.25) is 14.4 Å². The van der Waals surface area contributed by atoms with Gasteiger partial charge in [0.05, 0.1) is 5.41 Å². The van der Waals surface area contributed by atoms with E-state index in [1.54, 1.807) is 4.90 Å². The van der Waals surface area contributed by atoms with Crippen molar-refractivity contribution < 1.29 is 19.5 Å². The number of hydrogen-bond donors (Lipinski definition) is 2. The van der Waals surface area contributed by atoms with Crippen LogP contribution in [0.2, 0.25) is 0 Å². The smallest absolute Gasteiger partial charge is 0.311 e. The molecule has 2 atom stereocenters. The molecule has 2 amide bonds. The lowest BCUT2D eigenvalue weighted by molar-refractivity contribution is -0.156. The second kappa shape index (κ2) is 5.81. The van der Waals surface area contributed by atoms with Crippen molar-refractivity contribution in [3.63, 3.8) is 0 Å². The van der Waals surface area contributed by atoms with E-state index < -0.39 is 17.4 Å². The lowest BCUT2D eigenvalue weighted by atomic mass is 9.76. The molecule has 112 valence electrons. The number of carbonyl (C=O) groups is 3. The molecule has 0 bridgehead atoms. The van der Waals surface area contributed by atoms with Gasteiger partial charge in [0, 0.05) is 19.5 Å². The highest BCUT2D eigenvalue weighted by Crippen LogP contribution is 2.35. The van der Waals surface area contributed by atoms with Crippen LogP contribution in [0.3, 0.4) is 0 Å². The van der Waals surface area contributed by atoms with Gasteiger partial charge in [-0.2, -0.15) is 0 Å². The van der Waals surface area contributed by atoms with Gasteiger partial charge in [-0.1, -0.05) is 13.3 Å². The van der Waals surface area contributed by atoms with E-state index in [9.17, 15) is 19.5 Å². The first-order valence-electron chi connectivity index (χ1n) is 7.30. The third-order valence-electron chi connectivity index (χ3n) is 4.36. The Balaban J connectivity index is 2.07. The second-order valence-electron chi connectivity index (χ2n) is 5.86. The van der Waals surface area contributed by atoms with E-state index in [1.807, 2.05) is 6.92 Å². The first-order valence-corrected chi connectivity index (χ1v) is 7.30. The van der Waals surface area contributed by atoms with Gasteiger partial charge in [0.25, 0.3) is 0 Å². The molecule has 2 saturated heterocycles. The number of piperidine rings is 1. The minimum Gasteiger partial charge on any atom is -0.481 e. The molecule has 0 aliphatic carbocycles. The van der Waals surface area contributed by atoms with Gasteiger partial charge in [0.15, 0.2) is 0 Å². The van der Waals surface area contributed by atoms with Crippen molar-refractivity contribution in [2.45, 2.75) is 51.5 Å². The Hall–Kier alpha value is -1.59. The summed E-state index contributed by atoms with van der Waals surface area (Å²) >= 11 is 0. The Kier molecular flexibility index (Phi) is 4.30. The second-order valence-corrected chi connectivity index (χ2v) is 5.86. The van der Waals surface area contributed by atoms with Crippen molar-refractivity contribution in [1.29, 1.82) is 0 Å². The first-order chi connectivity index (χ1) is 9.48. The van der Waals surface area contributed by atoms with E-state index in [2.05, 4.69) is 5.32 Å². The van der Waals surface area contributed by atoms with Crippen LogP contribution >= 0.6 is 0 Å². The maximum atomic E-state index is 12.4. The van der Waals surface area contributed by atoms with Gasteiger partial charge >= 0.3 is 5.97 Å². The number of aliphatic carboxylic acids is 1. The van der Waals surface area contributed by atoms with Crippen LogP contribution in [-0.2, 0) is 14.4 Å². The number of carboxylic acids is 1. The topological polar surface area (TPSA) is 86.7 Å². The van der Waals surface area contributed by atoms with Crippen molar-refractivity contribution in [1.82, 2.24) is 10.2 Å². The van der Waals surface area contributed by atoms with Crippen LogP contribution in [0.15, 0.2) is 0 Å². The van der Waals surface area contributed by atoms with Gasteiger partial charge in [0.1, 0.15) is 6.04 Å². The third kappa shape index (κ3) is 2.78. The van der Waals surface area contributed by atoms with Crippen LogP contribution in [-0.4, -0.2) is 46.9 Å². The molecule has 0 aromatic carbocycles. The summed E-state index contributed by atoms with van der Waals surface area (Å²) in [4.78, 5) is 36.8. The fourth-order valence-corrected chi connectivity index (χ4v) is 3.30. The molecule has 6 heteroatoms. The van der Waals surface area contributed by atoms with E-state index in [4.69, 9.17) is 0 Å². The predicted molar refractivity (Wildman–Crippen MR) is 72.0 cm³/mol. The van der Waals surface area contributed by atoms with E-state index in [-0.39, 0.29) is 18.4 Å². The number of likely N-dealkylation sites (tertiary alicyclic amines) is 1. The number of nitrogens with zero attached hydrogens (tertiary/aromatic N) is 1. The fourth-order valence-electron chi connectivity index (χ4n) is 3.30. The number of amides is 2. The van der Waals surface area contributed by atoms with Crippen LogP contribution in [0, 0.1) is 5.41 Å². The Morgan fingerprint density at radius 3 is 2.80 bits per heavy atom. The molecule has 0 radical (unpaired) electrons. The summed E-state index contributed by atoms with van der Waals surface area (Å²) < 4.78 is 0. The number of rotatable bonds is 4. The molecule has 2 heterocycles. The van der Waals surface area contributed by atoms with Crippen molar-refractivity contribution in [3.8, 4) is 0 Å². The molecule has 0 aromatic rings. The molecule has 2 rings (SSSR count). The molecule has 2 N–H and O–H groups in total. The molecule has 2 fully saturated rings. The average Bonchev–Trinajstić information content (AvgIpc) is 2.85. The largest absolute Gasteiger partial charge is 0.481 e. The fraction of sp³-hybridized carbons (Fsp3) is 0.786. The van der Waals surface area contributed by atoms with Crippen LogP contribution in [0.4, 0.5) is 0 Å². The van der Waals surface area contributed by atoms with Gasteiger partial charge in [-0.25, -0.2) is 0 Å². The zero-order valence-electron chi connectivity index (χ0n) is 11.9. The van der Waals surface area contributed by atoms with Crippen LogP contribution in [0.5, 0.6) is 0 Å². The summed E-state index contributed by atoms with van der Waals surface area (Å²) in [7, 11) is 0. The molecule has 0 spiro atoms. The monoisotopic (exact) mass is 282 g/mol. The highest BCUT2D eigenvalue weighted by Gasteiger charge is 2.44. The molecule has 0 saturated carbocycles. The number of carbonyl (C=O) groups excluding carboxylic acids is 2. The van der Waals surface area contributed by atoms with Crippen molar-refractivity contribution in [2.24, 2.45) is 5.41 Å². The molecule has 2 aliphatic rings. The van der Waals surface area contributed by atoms with Crippen molar-refractivity contribution in [3.05, 3.63) is 0 Å². The van der Waals surface area contributed by atoms with Gasteiger partial charge in [-0.05, 0) is 25.7 Å². The lowest BCUT2D eigenvalue weighted by Crippen LogP contribution is -2.54. The van der Waals surface area contributed by atoms with E-state index in [0.717, 1.165) is 6.42 Å². The third-order valence-corrected chi connectivity index (χ3v) is 4.36. The molecular weight excluding hydrogens is 260 g/mol.